The van der Waals surface area contributed by atoms with Crippen LogP contribution in [0.5, 0.6) is 0 Å². The molecule has 1 aromatic rings. The highest BCUT2D eigenvalue weighted by atomic mass is 32.2. The molecular weight excluding hydrogens is 208 g/mol. The molecule has 0 aromatic heterocycles. The Morgan fingerprint density at radius 2 is 2.07 bits per heavy atom. The first-order chi connectivity index (χ1) is 6.99. The second-order valence-corrected chi connectivity index (χ2v) is 5.28. The first-order valence-corrected chi connectivity index (χ1v) is 5.82. The summed E-state index contributed by atoms with van der Waals surface area (Å²) in [5.41, 5.74) is 2.52. The maximum Gasteiger partial charge on any atom is 0.304 e. The molecule has 1 atom stereocenters. The van der Waals surface area contributed by atoms with Gasteiger partial charge in [0.1, 0.15) is 0 Å². The van der Waals surface area contributed by atoms with E-state index in [1.54, 1.807) is 11.8 Å². The van der Waals surface area contributed by atoms with Crippen molar-refractivity contribution in [1.29, 1.82) is 0 Å². The molecule has 1 rings (SSSR count). The van der Waals surface area contributed by atoms with Crippen LogP contribution in [0, 0.1) is 13.8 Å². The van der Waals surface area contributed by atoms with E-state index in [9.17, 15) is 4.79 Å². The smallest absolute Gasteiger partial charge is 0.304 e. The van der Waals surface area contributed by atoms with Gasteiger partial charge in [0.05, 0.1) is 6.42 Å². The second-order valence-electron chi connectivity index (χ2n) is 3.77. The lowest BCUT2D eigenvalue weighted by Crippen LogP contribution is -2.05. The number of thioether (sulfide) groups is 1. The summed E-state index contributed by atoms with van der Waals surface area (Å²) in [6.45, 7) is 6.08. The number of aryl methyl sites for hydroxylation is 2. The van der Waals surface area contributed by atoms with Crippen molar-refractivity contribution in [2.75, 3.05) is 0 Å². The summed E-state index contributed by atoms with van der Waals surface area (Å²) in [6.07, 6.45) is 0.206. The largest absolute Gasteiger partial charge is 0.481 e. The Hall–Kier alpha value is -0.960. The minimum Gasteiger partial charge on any atom is -0.481 e. The highest BCUT2D eigenvalue weighted by molar-refractivity contribution is 8.00. The van der Waals surface area contributed by atoms with E-state index in [4.69, 9.17) is 5.11 Å². The fraction of sp³-hybridized carbons (Fsp3) is 0.417. The summed E-state index contributed by atoms with van der Waals surface area (Å²) < 4.78 is 0. The van der Waals surface area contributed by atoms with Gasteiger partial charge in [-0.15, -0.1) is 11.8 Å². The van der Waals surface area contributed by atoms with Crippen molar-refractivity contribution in [2.45, 2.75) is 37.3 Å². The molecule has 0 saturated carbocycles. The third kappa shape index (κ3) is 3.96. The molecule has 0 spiro atoms. The third-order valence-electron chi connectivity index (χ3n) is 2.28. The molecule has 0 aliphatic heterocycles. The van der Waals surface area contributed by atoms with Crippen LogP contribution in [-0.2, 0) is 4.79 Å². The van der Waals surface area contributed by atoms with Crippen LogP contribution in [0.25, 0.3) is 0 Å². The fourth-order valence-corrected chi connectivity index (χ4v) is 2.39. The van der Waals surface area contributed by atoms with Gasteiger partial charge in [-0.05, 0) is 37.1 Å². The third-order valence-corrected chi connectivity index (χ3v) is 3.37. The van der Waals surface area contributed by atoms with Crippen molar-refractivity contribution in [3.63, 3.8) is 0 Å². The summed E-state index contributed by atoms with van der Waals surface area (Å²) in [5, 5.41) is 8.76. The molecule has 2 nitrogen and oxygen atoms in total. The van der Waals surface area contributed by atoms with Gasteiger partial charge in [-0.2, -0.15) is 0 Å². The predicted molar refractivity (Wildman–Crippen MR) is 63.5 cm³/mol. The number of carboxylic acid groups (broad SMARTS) is 1. The Kier molecular flexibility index (Phi) is 4.21. The Morgan fingerprint density at radius 1 is 1.40 bits per heavy atom. The number of carbonyl (C=O) groups is 1. The van der Waals surface area contributed by atoms with Crippen molar-refractivity contribution < 1.29 is 9.90 Å². The average Bonchev–Trinajstić information content (AvgIpc) is 2.10. The number of hydrogen-bond donors (Lipinski definition) is 1. The highest BCUT2D eigenvalue weighted by Crippen LogP contribution is 2.26. The van der Waals surface area contributed by atoms with Crippen LogP contribution >= 0.6 is 11.8 Å². The van der Waals surface area contributed by atoms with E-state index in [2.05, 4.69) is 26.0 Å². The topological polar surface area (TPSA) is 37.3 Å². The van der Waals surface area contributed by atoms with Gasteiger partial charge in [0.15, 0.2) is 0 Å². The van der Waals surface area contributed by atoms with Gasteiger partial charge in [0.25, 0.3) is 0 Å². The lowest BCUT2D eigenvalue weighted by molar-refractivity contribution is -0.136. The molecule has 0 aliphatic rings. The molecule has 82 valence electrons. The predicted octanol–water partition coefficient (Wildman–Crippen LogP) is 3.26. The number of carboxylic acids is 1. The SMILES string of the molecule is Cc1ccc(SC(C)CC(=O)O)cc1C. The molecule has 3 heteroatoms. The van der Waals surface area contributed by atoms with E-state index in [1.165, 1.54) is 11.1 Å². The lowest BCUT2D eigenvalue weighted by atomic mass is 10.1. The van der Waals surface area contributed by atoms with Crippen LogP contribution in [0.4, 0.5) is 0 Å². The summed E-state index contributed by atoms with van der Waals surface area (Å²) in [6, 6.07) is 6.23. The van der Waals surface area contributed by atoms with E-state index >= 15 is 0 Å². The van der Waals surface area contributed by atoms with Crippen LogP contribution in [0.3, 0.4) is 0 Å². The van der Waals surface area contributed by atoms with Crippen molar-refractivity contribution in [2.24, 2.45) is 0 Å². The molecule has 0 radical (unpaired) electrons. The maximum atomic E-state index is 10.5. The van der Waals surface area contributed by atoms with Crippen LogP contribution < -0.4 is 0 Å². The standard InChI is InChI=1S/C12H16O2S/c1-8-4-5-11(6-9(8)2)15-10(3)7-12(13)14/h4-6,10H,7H2,1-3H3,(H,13,14). The Bertz CT molecular complexity index is 361. The van der Waals surface area contributed by atoms with Crippen LogP contribution in [0.2, 0.25) is 0 Å². The van der Waals surface area contributed by atoms with Gasteiger partial charge in [-0.25, -0.2) is 0 Å². The number of rotatable bonds is 4. The Morgan fingerprint density at radius 3 is 2.60 bits per heavy atom. The number of benzene rings is 1. The van der Waals surface area contributed by atoms with Crippen molar-refractivity contribution in [3.05, 3.63) is 29.3 Å². The number of hydrogen-bond acceptors (Lipinski definition) is 2. The summed E-state index contributed by atoms with van der Waals surface area (Å²) in [7, 11) is 0. The van der Waals surface area contributed by atoms with Crippen LogP contribution in [-0.4, -0.2) is 16.3 Å². The van der Waals surface area contributed by atoms with Crippen molar-refractivity contribution >= 4 is 17.7 Å². The Labute approximate surface area is 94.7 Å². The molecule has 15 heavy (non-hydrogen) atoms. The first kappa shape index (κ1) is 12.1. The van der Waals surface area contributed by atoms with Crippen LogP contribution in [0.1, 0.15) is 24.5 Å². The quantitative estimate of drug-likeness (QED) is 0.798. The average molecular weight is 224 g/mol. The normalized spacial score (nSPS) is 12.5. The van der Waals surface area contributed by atoms with Gasteiger partial charge in [-0.1, -0.05) is 13.0 Å². The van der Waals surface area contributed by atoms with E-state index in [0.717, 1.165) is 4.90 Å². The minimum atomic E-state index is -0.737. The van der Waals surface area contributed by atoms with Crippen molar-refractivity contribution in [3.8, 4) is 0 Å². The molecule has 0 bridgehead atoms. The minimum absolute atomic E-state index is 0.115. The van der Waals surface area contributed by atoms with E-state index in [1.807, 2.05) is 13.0 Å². The molecule has 1 N–H and O–H groups in total. The zero-order valence-corrected chi connectivity index (χ0v) is 10.1. The Balaban J connectivity index is 2.64. The summed E-state index contributed by atoms with van der Waals surface area (Å²) in [4.78, 5) is 11.7. The molecule has 0 fully saturated rings. The van der Waals surface area contributed by atoms with E-state index in [-0.39, 0.29) is 11.7 Å². The number of aliphatic carboxylic acids is 1. The van der Waals surface area contributed by atoms with Gasteiger partial charge >= 0.3 is 5.97 Å². The summed E-state index contributed by atoms with van der Waals surface area (Å²) >= 11 is 1.61. The maximum absolute atomic E-state index is 10.5. The summed E-state index contributed by atoms with van der Waals surface area (Å²) in [5.74, 6) is -0.737. The molecule has 1 aromatic carbocycles. The monoisotopic (exact) mass is 224 g/mol. The molecule has 0 aliphatic carbocycles. The molecule has 0 amide bonds. The fourth-order valence-electron chi connectivity index (χ4n) is 1.31. The molecule has 0 heterocycles. The van der Waals surface area contributed by atoms with Gasteiger partial charge in [-0.3, -0.25) is 4.79 Å². The van der Waals surface area contributed by atoms with Gasteiger partial charge in [0, 0.05) is 10.1 Å². The van der Waals surface area contributed by atoms with E-state index in [0.29, 0.717) is 0 Å². The zero-order chi connectivity index (χ0) is 11.4. The van der Waals surface area contributed by atoms with Gasteiger partial charge in [0.2, 0.25) is 0 Å². The van der Waals surface area contributed by atoms with Crippen molar-refractivity contribution in [1.82, 2.24) is 0 Å². The molecule has 0 saturated heterocycles. The van der Waals surface area contributed by atoms with Crippen LogP contribution in [0.15, 0.2) is 23.1 Å². The molecule has 1 unspecified atom stereocenters. The zero-order valence-electron chi connectivity index (χ0n) is 9.28. The first-order valence-electron chi connectivity index (χ1n) is 4.94. The second kappa shape index (κ2) is 5.21. The highest BCUT2D eigenvalue weighted by Gasteiger charge is 2.09. The lowest BCUT2D eigenvalue weighted by Gasteiger charge is -2.09. The molecular formula is C12H16O2S. The van der Waals surface area contributed by atoms with Gasteiger partial charge < -0.3 is 5.11 Å². The van der Waals surface area contributed by atoms with E-state index < -0.39 is 5.97 Å².